The van der Waals surface area contributed by atoms with E-state index in [1.54, 1.807) is 0 Å². The maximum Gasteiger partial charge on any atom is 0.190 e. The zero-order valence-electron chi connectivity index (χ0n) is 16.2. The third kappa shape index (κ3) is 7.74. The van der Waals surface area contributed by atoms with Gasteiger partial charge in [-0.05, 0) is 51.1 Å². The van der Waals surface area contributed by atoms with Crippen molar-refractivity contribution in [3.05, 3.63) is 16.1 Å². The van der Waals surface area contributed by atoms with Crippen LogP contribution in [0.25, 0.3) is 0 Å². The van der Waals surface area contributed by atoms with Crippen LogP contribution in [0, 0.1) is 5.92 Å². The molecule has 1 unspecified atom stereocenters. The highest BCUT2D eigenvalue weighted by Gasteiger charge is 2.15. The number of hydrogen-bond donors (Lipinski definition) is 2. The number of thiazole rings is 1. The van der Waals surface area contributed by atoms with E-state index >= 15 is 0 Å². The Kier molecular flexibility index (Phi) is 9.26. The summed E-state index contributed by atoms with van der Waals surface area (Å²) in [4.78, 5) is 12.8. The number of piperidine rings is 1. The summed E-state index contributed by atoms with van der Waals surface area (Å²) < 4.78 is 0. The summed E-state index contributed by atoms with van der Waals surface area (Å²) >= 11 is 1.81. The highest BCUT2D eigenvalue weighted by atomic mass is 32.1. The van der Waals surface area contributed by atoms with Crippen molar-refractivity contribution in [1.29, 1.82) is 0 Å². The molecule has 1 saturated heterocycles. The van der Waals surface area contributed by atoms with Crippen molar-refractivity contribution in [2.45, 2.75) is 52.4 Å². The van der Waals surface area contributed by atoms with Crippen LogP contribution >= 0.6 is 11.3 Å². The van der Waals surface area contributed by atoms with Crippen LogP contribution < -0.4 is 10.6 Å². The fourth-order valence-electron chi connectivity index (χ4n) is 3.29. The predicted octanol–water partition coefficient (Wildman–Crippen LogP) is 2.93. The minimum absolute atomic E-state index is 0.876. The molecule has 1 atom stereocenters. The van der Waals surface area contributed by atoms with Crippen LogP contribution in [-0.4, -0.2) is 55.6 Å². The first-order chi connectivity index (χ1) is 12.2. The average molecular weight is 366 g/mol. The quantitative estimate of drug-likeness (QED) is 0.401. The predicted molar refractivity (Wildman–Crippen MR) is 109 cm³/mol. The molecule has 2 N–H and O–H groups in total. The molecule has 142 valence electrons. The van der Waals surface area contributed by atoms with Gasteiger partial charge < -0.3 is 15.5 Å². The molecular formula is C19H35N5S. The summed E-state index contributed by atoms with van der Waals surface area (Å²) in [5, 5.41) is 8.01. The lowest BCUT2D eigenvalue weighted by Crippen LogP contribution is -2.39. The molecule has 2 heterocycles. The number of unbranched alkanes of at least 4 members (excludes halogenated alkanes) is 1. The lowest BCUT2D eigenvalue weighted by atomic mass is 10.0. The van der Waals surface area contributed by atoms with Crippen LogP contribution in [-0.2, 0) is 12.8 Å². The number of aliphatic imine (C=N–C) groups is 1. The van der Waals surface area contributed by atoms with Gasteiger partial charge >= 0.3 is 0 Å². The number of likely N-dealkylation sites (tertiary alicyclic amines) is 1. The highest BCUT2D eigenvalue weighted by Crippen LogP contribution is 2.15. The summed E-state index contributed by atoms with van der Waals surface area (Å²) in [6.07, 6.45) is 9.25. The standard InChI is InChI=1S/C19H35N5S/c1-4-17-14-23-18(25-17)9-11-22-19(20-3)21-10-5-6-12-24-13-7-8-16(2)15-24/h14,16H,4-13,15H2,1-3H3,(H2,20,21,22). The zero-order chi connectivity index (χ0) is 17.9. The number of guanidine groups is 1. The van der Waals surface area contributed by atoms with Crippen molar-refractivity contribution in [2.24, 2.45) is 10.9 Å². The first-order valence-corrected chi connectivity index (χ1v) is 10.6. The summed E-state index contributed by atoms with van der Waals surface area (Å²) in [5.41, 5.74) is 0. The van der Waals surface area contributed by atoms with E-state index in [1.165, 1.54) is 55.2 Å². The van der Waals surface area contributed by atoms with Crippen molar-refractivity contribution in [3.8, 4) is 0 Å². The average Bonchev–Trinajstić information content (AvgIpc) is 3.08. The van der Waals surface area contributed by atoms with E-state index in [0.717, 1.165) is 37.8 Å². The van der Waals surface area contributed by atoms with Crippen molar-refractivity contribution in [3.63, 3.8) is 0 Å². The topological polar surface area (TPSA) is 52.6 Å². The Morgan fingerprint density at radius 1 is 1.36 bits per heavy atom. The summed E-state index contributed by atoms with van der Waals surface area (Å²) in [6, 6.07) is 0. The second kappa shape index (κ2) is 11.5. The van der Waals surface area contributed by atoms with Gasteiger partial charge in [-0.2, -0.15) is 0 Å². The maximum atomic E-state index is 4.46. The first kappa shape index (κ1) is 20.2. The van der Waals surface area contributed by atoms with Gasteiger partial charge in [-0.15, -0.1) is 11.3 Å². The molecule has 0 amide bonds. The molecule has 0 radical (unpaired) electrons. The van der Waals surface area contributed by atoms with Crippen LogP contribution in [0.3, 0.4) is 0 Å². The van der Waals surface area contributed by atoms with E-state index in [9.17, 15) is 0 Å². The molecule has 25 heavy (non-hydrogen) atoms. The largest absolute Gasteiger partial charge is 0.356 e. The fraction of sp³-hybridized carbons (Fsp3) is 0.789. The monoisotopic (exact) mass is 365 g/mol. The number of aromatic nitrogens is 1. The van der Waals surface area contributed by atoms with E-state index in [2.05, 4.69) is 39.4 Å². The second-order valence-corrected chi connectivity index (χ2v) is 8.20. The molecule has 0 aliphatic carbocycles. The molecule has 5 nitrogen and oxygen atoms in total. The van der Waals surface area contributed by atoms with Crippen LogP contribution in [0.4, 0.5) is 0 Å². The molecule has 0 bridgehead atoms. The first-order valence-electron chi connectivity index (χ1n) is 9.81. The van der Waals surface area contributed by atoms with Gasteiger partial charge in [0.15, 0.2) is 5.96 Å². The highest BCUT2D eigenvalue weighted by molar-refractivity contribution is 7.11. The van der Waals surface area contributed by atoms with E-state index in [0.29, 0.717) is 0 Å². The summed E-state index contributed by atoms with van der Waals surface area (Å²) in [5.74, 6) is 1.78. The van der Waals surface area contributed by atoms with Gasteiger partial charge in [0, 0.05) is 44.2 Å². The van der Waals surface area contributed by atoms with E-state index < -0.39 is 0 Å². The number of nitrogens with one attached hydrogen (secondary N) is 2. The molecule has 0 spiro atoms. The fourth-order valence-corrected chi connectivity index (χ4v) is 4.15. The Bertz CT molecular complexity index is 514. The van der Waals surface area contributed by atoms with Gasteiger partial charge in [0.1, 0.15) is 0 Å². The Balaban J connectivity index is 1.52. The van der Waals surface area contributed by atoms with Crippen molar-refractivity contribution < 1.29 is 0 Å². The SMILES string of the molecule is CCc1cnc(CCNC(=NC)NCCCCN2CCCC(C)C2)s1. The van der Waals surface area contributed by atoms with Crippen molar-refractivity contribution >= 4 is 17.3 Å². The number of hydrogen-bond acceptors (Lipinski definition) is 4. The van der Waals surface area contributed by atoms with E-state index in [4.69, 9.17) is 0 Å². The van der Waals surface area contributed by atoms with Gasteiger partial charge in [0.25, 0.3) is 0 Å². The number of nitrogens with zero attached hydrogens (tertiary/aromatic N) is 3. The molecule has 1 aromatic heterocycles. The smallest absolute Gasteiger partial charge is 0.190 e. The number of aryl methyl sites for hydroxylation is 1. The van der Waals surface area contributed by atoms with Gasteiger partial charge in [-0.1, -0.05) is 13.8 Å². The minimum atomic E-state index is 0.876. The molecule has 6 heteroatoms. The van der Waals surface area contributed by atoms with E-state index in [-0.39, 0.29) is 0 Å². The van der Waals surface area contributed by atoms with Crippen LogP contribution in [0.15, 0.2) is 11.2 Å². The molecule has 0 saturated carbocycles. The molecule has 1 fully saturated rings. The Morgan fingerprint density at radius 2 is 2.20 bits per heavy atom. The molecule has 1 aromatic rings. The second-order valence-electron chi connectivity index (χ2n) is 7.00. The van der Waals surface area contributed by atoms with Crippen molar-refractivity contribution in [2.75, 3.05) is 39.8 Å². The molecule has 1 aliphatic rings. The van der Waals surface area contributed by atoms with Gasteiger partial charge in [0.05, 0.1) is 5.01 Å². The van der Waals surface area contributed by atoms with Crippen LogP contribution in [0.2, 0.25) is 0 Å². The van der Waals surface area contributed by atoms with Gasteiger partial charge in [-0.25, -0.2) is 4.98 Å². The lowest BCUT2D eigenvalue weighted by molar-refractivity contribution is 0.181. The molecular weight excluding hydrogens is 330 g/mol. The summed E-state index contributed by atoms with van der Waals surface area (Å²) in [7, 11) is 1.84. The van der Waals surface area contributed by atoms with Gasteiger partial charge in [0.2, 0.25) is 0 Å². The third-order valence-corrected chi connectivity index (χ3v) is 5.94. The summed E-state index contributed by atoms with van der Waals surface area (Å²) in [6.45, 7) is 10.2. The Morgan fingerprint density at radius 3 is 2.92 bits per heavy atom. The normalized spacial score (nSPS) is 19.2. The maximum absolute atomic E-state index is 4.46. The van der Waals surface area contributed by atoms with Crippen molar-refractivity contribution in [1.82, 2.24) is 20.5 Å². The van der Waals surface area contributed by atoms with Gasteiger partial charge in [-0.3, -0.25) is 4.99 Å². The zero-order valence-corrected chi connectivity index (χ0v) is 17.0. The van der Waals surface area contributed by atoms with Crippen LogP contribution in [0.5, 0.6) is 0 Å². The Hall–Kier alpha value is -1.14. The van der Waals surface area contributed by atoms with E-state index in [1.807, 2.05) is 24.6 Å². The Labute approximate surface area is 157 Å². The van der Waals surface area contributed by atoms with Crippen LogP contribution in [0.1, 0.15) is 49.4 Å². The minimum Gasteiger partial charge on any atom is -0.356 e. The third-order valence-electron chi connectivity index (χ3n) is 4.74. The molecule has 0 aromatic carbocycles. The number of rotatable bonds is 9. The lowest BCUT2D eigenvalue weighted by Gasteiger charge is -2.30. The molecule has 1 aliphatic heterocycles. The molecule has 2 rings (SSSR count).